The molecule has 1 saturated heterocycles. The van der Waals surface area contributed by atoms with Crippen molar-refractivity contribution in [3.63, 3.8) is 0 Å². The number of nitrogens with one attached hydrogen (secondary N) is 2. The Morgan fingerprint density at radius 2 is 2.00 bits per heavy atom. The van der Waals surface area contributed by atoms with E-state index in [9.17, 15) is 9.90 Å². The number of nitrogens with zero attached hydrogens (tertiary/aromatic N) is 3. The molecule has 3 heterocycles. The molecule has 33 heavy (non-hydrogen) atoms. The Balaban J connectivity index is 1.47. The summed E-state index contributed by atoms with van der Waals surface area (Å²) in [6.45, 7) is 5.85. The molecule has 1 aliphatic heterocycles. The molecule has 4 N–H and O–H groups in total. The standard InChI is InChI=1S/C22H26ClN5O5/c1-22(2,20(30)31)27-17(29)12-33-21-24-16-11-15(23)18(25-19(16)26-21)13-3-5-14(6-4-13)28-7-9-32-10-8-28/h3-6,11,17,27,29H,7-10,12H2,1-2H3,(H,30,31)(H,24,25,26). The van der Waals surface area contributed by atoms with Gasteiger partial charge >= 0.3 is 5.97 Å². The molecule has 11 heteroatoms. The topological polar surface area (TPSA) is 133 Å². The molecule has 0 amide bonds. The van der Waals surface area contributed by atoms with E-state index in [1.807, 2.05) is 24.3 Å². The first-order valence-corrected chi connectivity index (χ1v) is 10.9. The van der Waals surface area contributed by atoms with E-state index >= 15 is 0 Å². The Bertz CT molecular complexity index is 1130. The van der Waals surface area contributed by atoms with Gasteiger partial charge in [-0.3, -0.25) is 10.1 Å². The number of aliphatic hydroxyl groups excluding tert-OH is 1. The molecule has 1 unspecified atom stereocenters. The first-order valence-electron chi connectivity index (χ1n) is 10.5. The second-order valence-electron chi connectivity index (χ2n) is 8.28. The van der Waals surface area contributed by atoms with Gasteiger partial charge in [-0.15, -0.1) is 0 Å². The number of anilines is 1. The molecule has 1 aliphatic rings. The van der Waals surface area contributed by atoms with Gasteiger partial charge in [-0.1, -0.05) is 23.7 Å². The largest absolute Gasteiger partial charge is 0.480 e. The van der Waals surface area contributed by atoms with Crippen molar-refractivity contribution in [1.82, 2.24) is 20.3 Å². The average molecular weight is 476 g/mol. The molecule has 10 nitrogen and oxygen atoms in total. The molecule has 1 fully saturated rings. The van der Waals surface area contributed by atoms with Crippen LogP contribution in [-0.4, -0.2) is 75.8 Å². The number of rotatable bonds is 8. The summed E-state index contributed by atoms with van der Waals surface area (Å²) >= 11 is 6.48. The molecule has 0 bridgehead atoms. The molecule has 3 aromatic rings. The van der Waals surface area contributed by atoms with Gasteiger partial charge in [0.05, 0.1) is 29.4 Å². The summed E-state index contributed by atoms with van der Waals surface area (Å²) in [4.78, 5) is 25.3. The molecular formula is C22H26ClN5O5. The van der Waals surface area contributed by atoms with Gasteiger partial charge in [0.2, 0.25) is 0 Å². The number of morpholine rings is 1. The highest BCUT2D eigenvalue weighted by molar-refractivity contribution is 6.33. The normalized spacial score (nSPS) is 15.6. The lowest BCUT2D eigenvalue weighted by molar-refractivity contribution is -0.145. The zero-order chi connectivity index (χ0) is 23.6. The van der Waals surface area contributed by atoms with E-state index in [0.717, 1.165) is 37.6 Å². The third kappa shape index (κ3) is 5.36. The maximum absolute atomic E-state index is 11.2. The van der Waals surface area contributed by atoms with Crippen molar-refractivity contribution in [2.75, 3.05) is 37.8 Å². The van der Waals surface area contributed by atoms with Crippen LogP contribution < -0.4 is 15.0 Å². The van der Waals surface area contributed by atoms with Crippen LogP contribution in [0.2, 0.25) is 5.02 Å². The number of aliphatic carboxylic acids is 1. The number of carbonyl (C=O) groups is 1. The Morgan fingerprint density at radius 1 is 1.30 bits per heavy atom. The summed E-state index contributed by atoms with van der Waals surface area (Å²) in [5, 5.41) is 22.2. The summed E-state index contributed by atoms with van der Waals surface area (Å²) in [5.41, 5.74) is 2.26. The Kier molecular flexibility index (Phi) is 6.71. The molecule has 0 spiro atoms. The zero-order valence-corrected chi connectivity index (χ0v) is 19.1. The molecule has 1 atom stereocenters. The third-order valence-corrected chi connectivity index (χ3v) is 5.65. The van der Waals surface area contributed by atoms with E-state index in [1.165, 1.54) is 13.8 Å². The number of ether oxygens (including phenoxy) is 2. The second-order valence-corrected chi connectivity index (χ2v) is 8.69. The lowest BCUT2D eigenvalue weighted by atomic mass is 10.1. The lowest BCUT2D eigenvalue weighted by Gasteiger charge is -2.28. The summed E-state index contributed by atoms with van der Waals surface area (Å²) in [6, 6.07) is 9.88. The number of benzene rings is 1. The number of aromatic nitrogens is 3. The highest BCUT2D eigenvalue weighted by Crippen LogP contribution is 2.31. The first-order chi connectivity index (χ1) is 15.7. The molecule has 0 aliphatic carbocycles. The van der Waals surface area contributed by atoms with E-state index in [1.54, 1.807) is 6.07 Å². The Morgan fingerprint density at radius 3 is 2.67 bits per heavy atom. The predicted octanol–water partition coefficient (Wildman–Crippen LogP) is 2.26. The van der Waals surface area contributed by atoms with E-state index in [4.69, 9.17) is 26.2 Å². The number of hydrogen-bond donors (Lipinski definition) is 4. The quantitative estimate of drug-likeness (QED) is 0.362. The van der Waals surface area contributed by atoms with Crippen molar-refractivity contribution in [3.05, 3.63) is 35.4 Å². The van der Waals surface area contributed by atoms with Crippen LogP contribution in [0, 0.1) is 0 Å². The fourth-order valence-electron chi connectivity index (χ4n) is 3.50. The highest BCUT2D eigenvalue weighted by Gasteiger charge is 2.29. The van der Waals surface area contributed by atoms with E-state index < -0.39 is 17.7 Å². The van der Waals surface area contributed by atoms with Gasteiger partial charge in [-0.25, -0.2) is 4.98 Å². The smallest absolute Gasteiger partial charge is 0.323 e. The molecule has 2 aromatic heterocycles. The molecular weight excluding hydrogens is 450 g/mol. The number of aliphatic hydroxyl groups is 1. The summed E-state index contributed by atoms with van der Waals surface area (Å²) in [6.07, 6.45) is -1.21. The number of halogens is 1. The Hall–Kier alpha value is -2.92. The van der Waals surface area contributed by atoms with Gasteiger partial charge in [0.1, 0.15) is 18.4 Å². The number of imidazole rings is 1. The second kappa shape index (κ2) is 9.52. The highest BCUT2D eigenvalue weighted by atomic mass is 35.5. The fraction of sp³-hybridized carbons (Fsp3) is 0.409. The van der Waals surface area contributed by atoms with Crippen LogP contribution in [0.3, 0.4) is 0 Å². The number of hydrogen-bond acceptors (Lipinski definition) is 8. The van der Waals surface area contributed by atoms with Crippen molar-refractivity contribution in [2.45, 2.75) is 25.6 Å². The van der Waals surface area contributed by atoms with Crippen LogP contribution in [-0.2, 0) is 9.53 Å². The first kappa shape index (κ1) is 23.2. The van der Waals surface area contributed by atoms with Gasteiger partial charge < -0.3 is 29.6 Å². The van der Waals surface area contributed by atoms with Crippen molar-refractivity contribution < 1.29 is 24.5 Å². The van der Waals surface area contributed by atoms with Crippen molar-refractivity contribution in [3.8, 4) is 17.3 Å². The van der Waals surface area contributed by atoms with Gasteiger partial charge in [-0.05, 0) is 32.0 Å². The van der Waals surface area contributed by atoms with Gasteiger partial charge in [0.15, 0.2) is 5.65 Å². The van der Waals surface area contributed by atoms with Crippen LogP contribution in [0.1, 0.15) is 13.8 Å². The van der Waals surface area contributed by atoms with Crippen LogP contribution in [0.25, 0.3) is 22.4 Å². The lowest BCUT2D eigenvalue weighted by Crippen LogP contribution is -2.53. The monoisotopic (exact) mass is 475 g/mol. The fourth-order valence-corrected chi connectivity index (χ4v) is 3.76. The number of H-pyrrole nitrogens is 1. The summed E-state index contributed by atoms with van der Waals surface area (Å²) in [5.74, 6) is -1.09. The third-order valence-electron chi connectivity index (χ3n) is 5.36. The molecule has 4 rings (SSSR count). The minimum Gasteiger partial charge on any atom is -0.480 e. The summed E-state index contributed by atoms with van der Waals surface area (Å²) in [7, 11) is 0. The maximum atomic E-state index is 11.2. The van der Waals surface area contributed by atoms with E-state index in [0.29, 0.717) is 21.9 Å². The van der Waals surface area contributed by atoms with Gasteiger partial charge in [-0.2, -0.15) is 4.98 Å². The van der Waals surface area contributed by atoms with E-state index in [-0.39, 0.29) is 12.6 Å². The van der Waals surface area contributed by atoms with Crippen LogP contribution in [0.15, 0.2) is 30.3 Å². The SMILES string of the molecule is CC(C)(NC(O)COc1nc2nc(-c3ccc(N4CCOCC4)cc3)c(Cl)cc2[nH]1)C(=O)O. The van der Waals surface area contributed by atoms with Crippen molar-refractivity contribution in [1.29, 1.82) is 0 Å². The van der Waals surface area contributed by atoms with Crippen molar-refractivity contribution in [2.24, 2.45) is 0 Å². The summed E-state index contributed by atoms with van der Waals surface area (Å²) < 4.78 is 10.9. The molecule has 0 radical (unpaired) electrons. The van der Waals surface area contributed by atoms with Crippen LogP contribution in [0.5, 0.6) is 6.01 Å². The van der Waals surface area contributed by atoms with Crippen LogP contribution >= 0.6 is 11.6 Å². The number of aromatic amines is 1. The predicted molar refractivity (Wildman–Crippen MR) is 124 cm³/mol. The van der Waals surface area contributed by atoms with Gasteiger partial charge in [0.25, 0.3) is 6.01 Å². The zero-order valence-electron chi connectivity index (χ0n) is 18.3. The molecule has 0 saturated carbocycles. The minimum absolute atomic E-state index is 0.141. The minimum atomic E-state index is -1.31. The maximum Gasteiger partial charge on any atom is 0.323 e. The number of carboxylic acid groups (broad SMARTS) is 1. The molecule has 176 valence electrons. The number of pyridine rings is 1. The van der Waals surface area contributed by atoms with Crippen LogP contribution in [0.4, 0.5) is 5.69 Å². The number of carboxylic acids is 1. The van der Waals surface area contributed by atoms with Gasteiger partial charge in [0, 0.05) is 24.3 Å². The van der Waals surface area contributed by atoms with E-state index in [2.05, 4.69) is 25.2 Å². The number of fused-ring (bicyclic) bond motifs is 1. The Labute approximate surface area is 195 Å². The average Bonchev–Trinajstić information content (AvgIpc) is 3.19. The van der Waals surface area contributed by atoms with Crippen molar-refractivity contribution >= 4 is 34.4 Å². The molecule has 1 aromatic carbocycles.